The molecule has 124 valence electrons. The molecule has 1 aromatic carbocycles. The molecule has 0 fully saturated rings. The summed E-state index contributed by atoms with van der Waals surface area (Å²) in [5.74, 6) is -0.315. The predicted molar refractivity (Wildman–Crippen MR) is 99.3 cm³/mol. The summed E-state index contributed by atoms with van der Waals surface area (Å²) in [6.45, 7) is -0.119. The molecule has 4 aromatic rings. The molecule has 0 saturated carbocycles. The molecule has 3 heterocycles. The number of hydrogen-bond donors (Lipinski definition) is 1. The number of nitrogens with zero attached hydrogens (tertiary/aromatic N) is 3. The van der Waals surface area contributed by atoms with E-state index in [-0.39, 0.29) is 18.0 Å². The van der Waals surface area contributed by atoms with Crippen molar-refractivity contribution in [2.24, 2.45) is 0 Å². The minimum absolute atomic E-state index is 0.119. The number of nitrogens with one attached hydrogen (secondary N) is 1. The number of thiophene rings is 1. The number of carbonyl (C=O) groups excluding carboxylic acids is 1. The number of amides is 1. The maximum absolute atomic E-state index is 12.6. The highest BCUT2D eigenvalue weighted by molar-refractivity contribution is 7.25. The van der Waals surface area contributed by atoms with Gasteiger partial charge in [0.25, 0.3) is 5.56 Å². The van der Waals surface area contributed by atoms with Gasteiger partial charge in [-0.05, 0) is 36.4 Å². The van der Waals surface area contributed by atoms with Crippen molar-refractivity contribution < 1.29 is 4.79 Å². The van der Waals surface area contributed by atoms with Crippen molar-refractivity contribution in [3.05, 3.63) is 64.3 Å². The normalized spacial score (nSPS) is 11.1. The van der Waals surface area contributed by atoms with E-state index >= 15 is 0 Å². The third kappa shape index (κ3) is 2.99. The largest absolute Gasteiger partial charge is 0.325 e. The summed E-state index contributed by atoms with van der Waals surface area (Å²) in [5.41, 5.74) is 0.981. The molecule has 4 rings (SSSR count). The number of hydrogen-bond acceptors (Lipinski definition) is 5. The molecule has 0 aliphatic heterocycles. The van der Waals surface area contributed by atoms with Gasteiger partial charge in [-0.3, -0.25) is 14.2 Å². The van der Waals surface area contributed by atoms with Crippen molar-refractivity contribution in [1.82, 2.24) is 14.5 Å². The molecule has 3 aromatic heterocycles. The number of pyridine rings is 1. The number of halogens is 1. The molecular formula is C17H11ClN4O2S. The van der Waals surface area contributed by atoms with Gasteiger partial charge in [0.05, 0.1) is 11.8 Å². The summed E-state index contributed by atoms with van der Waals surface area (Å²) in [4.78, 5) is 34.2. The Kier molecular flexibility index (Phi) is 3.95. The first-order valence-corrected chi connectivity index (χ1v) is 8.59. The number of carbonyl (C=O) groups is 1. The van der Waals surface area contributed by atoms with Crippen LogP contribution in [0, 0.1) is 0 Å². The lowest BCUT2D eigenvalue weighted by atomic mass is 10.3. The predicted octanol–water partition coefficient (Wildman–Crippen LogP) is 3.30. The fourth-order valence-electron chi connectivity index (χ4n) is 2.50. The average molecular weight is 371 g/mol. The fourth-order valence-corrected chi connectivity index (χ4v) is 3.68. The van der Waals surface area contributed by atoms with E-state index in [1.54, 1.807) is 36.5 Å². The first-order chi connectivity index (χ1) is 12.1. The lowest BCUT2D eigenvalue weighted by molar-refractivity contribution is -0.116. The molecule has 0 spiro atoms. The van der Waals surface area contributed by atoms with E-state index in [1.807, 2.05) is 6.07 Å². The molecule has 0 aliphatic carbocycles. The summed E-state index contributed by atoms with van der Waals surface area (Å²) in [6, 6.07) is 10.4. The monoisotopic (exact) mass is 370 g/mol. The zero-order chi connectivity index (χ0) is 17.4. The van der Waals surface area contributed by atoms with Crippen LogP contribution in [-0.2, 0) is 11.3 Å². The molecule has 0 aliphatic rings. The highest BCUT2D eigenvalue weighted by Crippen LogP contribution is 2.27. The molecule has 0 atom stereocenters. The molecule has 1 amide bonds. The van der Waals surface area contributed by atoms with E-state index in [9.17, 15) is 9.59 Å². The summed E-state index contributed by atoms with van der Waals surface area (Å²) < 4.78 is 1.79. The highest BCUT2D eigenvalue weighted by atomic mass is 35.5. The fraction of sp³-hybridized carbons (Fsp3) is 0.0588. The molecule has 0 unspecified atom stereocenters. The Morgan fingerprint density at radius 2 is 2.00 bits per heavy atom. The van der Waals surface area contributed by atoms with Crippen molar-refractivity contribution in [1.29, 1.82) is 0 Å². The van der Waals surface area contributed by atoms with Gasteiger partial charge < -0.3 is 5.32 Å². The van der Waals surface area contributed by atoms with Crippen LogP contribution in [0.3, 0.4) is 0 Å². The minimum Gasteiger partial charge on any atom is -0.325 e. The van der Waals surface area contributed by atoms with Gasteiger partial charge in [0.15, 0.2) is 0 Å². The van der Waals surface area contributed by atoms with Gasteiger partial charge in [-0.2, -0.15) is 0 Å². The van der Waals surface area contributed by atoms with Gasteiger partial charge in [0.1, 0.15) is 16.1 Å². The van der Waals surface area contributed by atoms with Crippen LogP contribution in [0.4, 0.5) is 5.69 Å². The third-order valence-corrected chi connectivity index (χ3v) is 5.01. The van der Waals surface area contributed by atoms with Crippen LogP contribution in [-0.4, -0.2) is 20.4 Å². The summed E-state index contributed by atoms with van der Waals surface area (Å²) in [7, 11) is 0. The van der Waals surface area contributed by atoms with Gasteiger partial charge in [0, 0.05) is 22.3 Å². The molecule has 1 N–H and O–H groups in total. The Balaban J connectivity index is 1.64. The first kappa shape index (κ1) is 15.7. The Labute approximate surface area is 150 Å². The van der Waals surface area contributed by atoms with Crippen LogP contribution in [0.5, 0.6) is 0 Å². The maximum atomic E-state index is 12.6. The number of benzene rings is 1. The van der Waals surface area contributed by atoms with Gasteiger partial charge in [-0.15, -0.1) is 11.3 Å². The molecule has 0 radical (unpaired) electrons. The van der Waals surface area contributed by atoms with Crippen molar-refractivity contribution in [2.45, 2.75) is 6.54 Å². The molecule has 0 bridgehead atoms. The minimum atomic E-state index is -0.315. The lowest BCUT2D eigenvalue weighted by Gasteiger charge is -2.07. The lowest BCUT2D eigenvalue weighted by Crippen LogP contribution is -2.27. The second-order valence-electron chi connectivity index (χ2n) is 5.37. The second kappa shape index (κ2) is 6.27. The van der Waals surface area contributed by atoms with Crippen LogP contribution in [0.1, 0.15) is 0 Å². The van der Waals surface area contributed by atoms with Crippen LogP contribution < -0.4 is 10.9 Å². The summed E-state index contributed by atoms with van der Waals surface area (Å²) >= 11 is 7.10. The Morgan fingerprint density at radius 1 is 1.20 bits per heavy atom. The Morgan fingerprint density at radius 3 is 2.80 bits per heavy atom. The number of fused-ring (bicyclic) bond motifs is 3. The van der Waals surface area contributed by atoms with Crippen LogP contribution in [0.25, 0.3) is 20.4 Å². The second-order valence-corrected chi connectivity index (χ2v) is 6.80. The standard InChI is InChI=1S/C17H11ClN4O2S/c18-10-3-5-11(6-4-10)21-13(23)8-22-9-20-14-12-2-1-7-19-16(12)25-15(14)17(22)24/h1-7,9H,8H2,(H,21,23). The van der Waals surface area contributed by atoms with Crippen LogP contribution in [0.2, 0.25) is 5.02 Å². The van der Waals surface area contributed by atoms with Crippen molar-refractivity contribution in [3.63, 3.8) is 0 Å². The van der Waals surface area contributed by atoms with E-state index in [0.29, 0.717) is 20.9 Å². The Hall–Kier alpha value is -2.77. The van der Waals surface area contributed by atoms with E-state index in [4.69, 9.17) is 11.6 Å². The van der Waals surface area contributed by atoms with Crippen molar-refractivity contribution in [2.75, 3.05) is 5.32 Å². The first-order valence-electron chi connectivity index (χ1n) is 7.40. The topological polar surface area (TPSA) is 76.9 Å². The number of aromatic nitrogens is 3. The van der Waals surface area contributed by atoms with E-state index in [2.05, 4.69) is 15.3 Å². The summed E-state index contributed by atoms with van der Waals surface area (Å²) in [5, 5.41) is 4.16. The van der Waals surface area contributed by atoms with Gasteiger partial charge in [-0.25, -0.2) is 9.97 Å². The summed E-state index contributed by atoms with van der Waals surface area (Å²) in [6.07, 6.45) is 3.07. The molecule has 0 saturated heterocycles. The van der Waals surface area contributed by atoms with E-state index in [1.165, 1.54) is 22.2 Å². The molecule has 8 heteroatoms. The zero-order valence-electron chi connectivity index (χ0n) is 12.8. The smallest absolute Gasteiger partial charge is 0.271 e. The molecule has 25 heavy (non-hydrogen) atoms. The molecular weight excluding hydrogens is 360 g/mol. The number of rotatable bonds is 3. The van der Waals surface area contributed by atoms with Crippen molar-refractivity contribution >= 4 is 55.0 Å². The van der Waals surface area contributed by atoms with Gasteiger partial charge in [0.2, 0.25) is 5.91 Å². The third-order valence-electron chi connectivity index (χ3n) is 3.66. The van der Waals surface area contributed by atoms with Crippen molar-refractivity contribution in [3.8, 4) is 0 Å². The Bertz CT molecular complexity index is 1150. The highest BCUT2D eigenvalue weighted by Gasteiger charge is 2.13. The SMILES string of the molecule is O=C(Cn1cnc2c(sc3ncccc32)c1=O)Nc1ccc(Cl)cc1. The zero-order valence-corrected chi connectivity index (χ0v) is 14.3. The van der Waals surface area contributed by atoms with Gasteiger partial charge >= 0.3 is 0 Å². The quantitative estimate of drug-likeness (QED) is 0.600. The average Bonchev–Trinajstić information content (AvgIpc) is 2.99. The van der Waals surface area contributed by atoms with Gasteiger partial charge in [-0.1, -0.05) is 11.6 Å². The maximum Gasteiger partial charge on any atom is 0.271 e. The number of anilines is 1. The van der Waals surface area contributed by atoms with E-state index < -0.39 is 0 Å². The van der Waals surface area contributed by atoms with Crippen LogP contribution >= 0.6 is 22.9 Å². The van der Waals surface area contributed by atoms with Crippen LogP contribution in [0.15, 0.2) is 53.7 Å². The molecule has 6 nitrogen and oxygen atoms in total. The van der Waals surface area contributed by atoms with E-state index in [0.717, 1.165) is 10.2 Å².